The number of allylic oxidation sites excluding steroid dienone is 5. The van der Waals surface area contributed by atoms with Crippen LogP contribution in [0.5, 0.6) is 0 Å². The molecule has 2 heterocycles. The molecule has 0 unspecified atom stereocenters. The van der Waals surface area contributed by atoms with E-state index in [-0.39, 0.29) is 0 Å². The minimum atomic E-state index is -2.41. The summed E-state index contributed by atoms with van der Waals surface area (Å²) in [7, 11) is 0. The predicted molar refractivity (Wildman–Crippen MR) is 122 cm³/mol. The van der Waals surface area contributed by atoms with Crippen molar-refractivity contribution in [3.05, 3.63) is 120 Å². The highest BCUT2D eigenvalue weighted by Gasteiger charge is 2.45. The van der Waals surface area contributed by atoms with Crippen LogP contribution in [0.3, 0.4) is 0 Å². The summed E-state index contributed by atoms with van der Waals surface area (Å²) in [6.07, 6.45) is 0. The van der Waals surface area contributed by atoms with Gasteiger partial charge in [0.15, 0.2) is 46.5 Å². The molecule has 0 N–H and O–H groups in total. The van der Waals surface area contributed by atoms with E-state index < -0.39 is 126 Å². The highest BCUT2D eigenvalue weighted by molar-refractivity contribution is 6.11. The molecule has 1 aliphatic carbocycles. The minimum absolute atomic E-state index is 0.785. The molecule has 1 aromatic carbocycles. The third-order valence-electron chi connectivity index (χ3n) is 6.07. The number of hydrogen-bond donors (Lipinski definition) is 0. The van der Waals surface area contributed by atoms with Crippen LogP contribution in [0.2, 0.25) is 0 Å². The Bertz CT molecular complexity index is 1960. The van der Waals surface area contributed by atoms with E-state index in [2.05, 4.69) is 14.8 Å². The Morgan fingerprint density at radius 1 is 0.568 bits per heavy atom. The van der Waals surface area contributed by atoms with Crippen molar-refractivity contribution in [2.24, 2.45) is 0 Å². The van der Waals surface area contributed by atoms with E-state index in [4.69, 9.17) is 11.8 Å². The summed E-state index contributed by atoms with van der Waals surface area (Å²) in [6.45, 7) is 8.19. The molecule has 2 aromatic heterocycles. The fourth-order valence-corrected chi connectivity index (χ4v) is 4.12. The average molecular weight is 620 g/mol. The maximum Gasteiger partial charge on any atom is 0.252 e. The van der Waals surface area contributed by atoms with Crippen molar-refractivity contribution in [1.82, 2.24) is 9.97 Å². The molecule has 6 nitrogen and oxygen atoms in total. The molecule has 218 valence electrons. The van der Waals surface area contributed by atoms with Gasteiger partial charge in [-0.3, -0.25) is 0 Å². The Hall–Kier alpha value is -6.07. The number of halogens is 11. The average Bonchev–Trinajstić information content (AvgIpc) is 3.70. The Morgan fingerprint density at radius 3 is 1.36 bits per heavy atom. The summed E-state index contributed by atoms with van der Waals surface area (Å²) in [4.78, 5) is 7.85. The first-order chi connectivity index (χ1) is 20.7. The number of nitriles is 3. The second-order valence-electron chi connectivity index (χ2n) is 8.36. The molecule has 0 saturated heterocycles. The van der Waals surface area contributed by atoms with Crippen molar-refractivity contribution < 1.29 is 48.3 Å². The van der Waals surface area contributed by atoms with Crippen LogP contribution in [0.4, 0.5) is 48.3 Å². The summed E-state index contributed by atoms with van der Waals surface area (Å²) in [5.41, 5.74) is -16.4. The third-order valence-corrected chi connectivity index (χ3v) is 6.07. The van der Waals surface area contributed by atoms with Gasteiger partial charge in [0.05, 0.1) is 40.1 Å². The van der Waals surface area contributed by atoms with Gasteiger partial charge in [-0.2, -0.15) is 33.9 Å². The zero-order chi connectivity index (χ0) is 32.9. The van der Waals surface area contributed by atoms with Crippen LogP contribution in [-0.4, -0.2) is 9.97 Å². The first-order valence-electron chi connectivity index (χ1n) is 11.1. The smallest absolute Gasteiger partial charge is 0.237 e. The van der Waals surface area contributed by atoms with Gasteiger partial charge in [0.1, 0.15) is 23.8 Å². The van der Waals surface area contributed by atoms with E-state index >= 15 is 0 Å². The predicted octanol–water partition coefficient (Wildman–Crippen LogP) is 6.79. The number of nitrogens with zero attached hydrogens (tertiary/aromatic N) is 6. The molecule has 0 atom stereocenters. The molecule has 0 amide bonds. The van der Waals surface area contributed by atoms with Crippen LogP contribution in [0, 0.1) is 112 Å². The molecule has 0 aliphatic heterocycles. The van der Waals surface area contributed by atoms with Crippen LogP contribution in [-0.2, 0) is 0 Å². The van der Waals surface area contributed by atoms with Crippen molar-refractivity contribution in [3.63, 3.8) is 0 Å². The second-order valence-corrected chi connectivity index (χ2v) is 8.36. The van der Waals surface area contributed by atoms with Gasteiger partial charge in [-0.05, 0) is 23.6 Å². The van der Waals surface area contributed by atoms with Crippen molar-refractivity contribution >= 4 is 16.8 Å². The molecular formula is C27H3F11N6. The topological polar surface area (TPSA) is 102 Å². The lowest BCUT2D eigenvalue weighted by atomic mass is 10.0. The van der Waals surface area contributed by atoms with E-state index in [1.54, 1.807) is 0 Å². The van der Waals surface area contributed by atoms with Crippen LogP contribution >= 0.6 is 0 Å². The highest BCUT2D eigenvalue weighted by atomic mass is 19.2. The molecule has 1 aliphatic rings. The largest absolute Gasteiger partial charge is 0.252 e. The van der Waals surface area contributed by atoms with Crippen molar-refractivity contribution in [1.29, 1.82) is 15.8 Å². The van der Waals surface area contributed by atoms with Crippen molar-refractivity contribution in [3.8, 4) is 18.2 Å². The fourth-order valence-electron chi connectivity index (χ4n) is 4.12. The molecule has 1 saturated carbocycles. The maximum atomic E-state index is 15.0. The number of rotatable bonds is 3. The molecule has 0 radical (unpaired) electrons. The minimum Gasteiger partial charge on any atom is -0.237 e. The van der Waals surface area contributed by atoms with Gasteiger partial charge < -0.3 is 0 Å². The monoisotopic (exact) mass is 620 g/mol. The van der Waals surface area contributed by atoms with Gasteiger partial charge in [0.2, 0.25) is 11.6 Å². The van der Waals surface area contributed by atoms with E-state index in [0.29, 0.717) is 0 Å². The summed E-state index contributed by atoms with van der Waals surface area (Å²) >= 11 is 0. The number of hydrogen-bond acceptors (Lipinski definition) is 5. The Morgan fingerprint density at radius 2 is 0.977 bits per heavy atom. The van der Waals surface area contributed by atoms with E-state index in [9.17, 15) is 58.8 Å². The maximum absolute atomic E-state index is 15.0. The molecule has 0 bridgehead atoms. The van der Waals surface area contributed by atoms with Crippen LogP contribution < -0.4 is 0 Å². The molecule has 44 heavy (non-hydrogen) atoms. The number of benzene rings is 1. The highest BCUT2D eigenvalue weighted by Crippen LogP contribution is 2.57. The van der Waals surface area contributed by atoms with Crippen LogP contribution in [0.25, 0.3) is 21.7 Å². The van der Waals surface area contributed by atoms with E-state index in [0.717, 1.165) is 25.1 Å². The van der Waals surface area contributed by atoms with Crippen molar-refractivity contribution in [2.75, 3.05) is 0 Å². The first-order valence-corrected chi connectivity index (χ1v) is 11.1. The number of pyridine rings is 2. The lowest BCUT2D eigenvalue weighted by Gasteiger charge is -2.08. The van der Waals surface area contributed by atoms with Gasteiger partial charge in [0.25, 0.3) is 11.9 Å². The Kier molecular flexibility index (Phi) is 7.70. The molecule has 17 heteroatoms. The van der Waals surface area contributed by atoms with Gasteiger partial charge in [-0.15, -0.1) is 0 Å². The number of aromatic nitrogens is 2. The quantitative estimate of drug-likeness (QED) is 0.106. The van der Waals surface area contributed by atoms with Gasteiger partial charge in [-0.25, -0.2) is 45.0 Å². The molecule has 4 rings (SSSR count). The lowest BCUT2D eigenvalue weighted by Crippen LogP contribution is -2.06. The van der Waals surface area contributed by atoms with Crippen LogP contribution in [0.1, 0.15) is 27.9 Å². The summed E-state index contributed by atoms with van der Waals surface area (Å²) in [6, 6.07) is 3.04. The number of aryl methyl sites for hydroxylation is 1. The van der Waals surface area contributed by atoms with E-state index in [1.807, 2.05) is 0 Å². The molecule has 1 fully saturated rings. The second kappa shape index (κ2) is 11.0. The zero-order valence-electron chi connectivity index (χ0n) is 20.8. The zero-order valence-corrected chi connectivity index (χ0v) is 20.8. The van der Waals surface area contributed by atoms with Crippen LogP contribution in [0.15, 0.2) is 16.7 Å². The lowest BCUT2D eigenvalue weighted by molar-refractivity contribution is 0.404. The first kappa shape index (κ1) is 30.9. The Labute approximate surface area is 237 Å². The van der Waals surface area contributed by atoms with Gasteiger partial charge in [-0.1, -0.05) is 0 Å². The van der Waals surface area contributed by atoms with Crippen molar-refractivity contribution in [2.45, 2.75) is 6.92 Å². The molecular weight excluding hydrogens is 617 g/mol. The fraction of sp³-hybridized carbons (Fsp3) is 0.0370. The molecule has 3 aromatic rings. The summed E-state index contributed by atoms with van der Waals surface area (Å²) in [5.74, 6) is -24.9. The van der Waals surface area contributed by atoms with Gasteiger partial charge in [0, 0.05) is 0 Å². The Balaban J connectivity index is 2.34. The normalized spacial score (nSPS) is 15.5. The summed E-state index contributed by atoms with van der Waals surface area (Å²) in [5, 5.41) is 28.4. The van der Waals surface area contributed by atoms with Gasteiger partial charge >= 0.3 is 0 Å². The standard InChI is InChI=1S/C27H3F11N6/c1-6-16(28)12(21(33)25(36)43-6)7(3-39)10-11(8(4-40)13-22(34)26(37)44-27(38)23(13)35)14(10)24(42-2)15-19(31)17(29)9(5-41)18(30)20(15)32/h1H3. The SMILES string of the molecule is [C-]#[N+]C(=C1C(=C(C#N)c2c(F)c(C)nc(F)c2F)C1=C(C#N)c1c(F)c(F)nc(F)c1F)c1c(F)c(F)c(C#N)c(F)c1F. The summed E-state index contributed by atoms with van der Waals surface area (Å²) < 4.78 is 160. The molecule has 0 spiro atoms. The van der Waals surface area contributed by atoms with E-state index in [1.165, 1.54) is 0 Å². The third kappa shape index (κ3) is 4.39.